The summed E-state index contributed by atoms with van der Waals surface area (Å²) in [5.74, 6) is 0. The van der Waals surface area contributed by atoms with Gasteiger partial charge in [-0.05, 0) is 55.8 Å². The molecule has 0 atom stereocenters. The first-order chi connectivity index (χ1) is 6.90. The van der Waals surface area contributed by atoms with Gasteiger partial charge < -0.3 is 14.7 Å². The molecule has 15 heavy (non-hydrogen) atoms. The number of hydrogen-bond donors (Lipinski definition) is 0. The molecule has 3 heteroatoms. The standard InChI is InChI=1S/C6H16N2.C4H10N.C2H4/c1-7(2)5-6-8(3)4;1-4-5(2)3;1-2/h5-6H2,1-4H3;1,4H2,2-3H3;1-2H2. The van der Waals surface area contributed by atoms with Crippen molar-refractivity contribution in [1.82, 2.24) is 14.7 Å². The maximum Gasteiger partial charge on any atom is 0.0103 e. The highest BCUT2D eigenvalue weighted by molar-refractivity contribution is 4.46. The monoisotopic (exact) mass is 216 g/mol. The van der Waals surface area contributed by atoms with Gasteiger partial charge in [0.05, 0.1) is 0 Å². The average Bonchev–Trinajstić information content (AvgIpc) is 2.19. The molecular formula is C12H30N3. The largest absolute Gasteiger partial charge is 0.309 e. The van der Waals surface area contributed by atoms with E-state index in [9.17, 15) is 0 Å². The Bertz CT molecular complexity index is 93.0. The highest BCUT2D eigenvalue weighted by Gasteiger charge is 1.89. The van der Waals surface area contributed by atoms with Crippen molar-refractivity contribution in [1.29, 1.82) is 0 Å². The lowest BCUT2D eigenvalue weighted by molar-refractivity contribution is 0.320. The van der Waals surface area contributed by atoms with Crippen LogP contribution in [0.3, 0.4) is 0 Å². The van der Waals surface area contributed by atoms with Crippen LogP contribution in [-0.2, 0) is 0 Å². The Labute approximate surface area is 97.4 Å². The molecule has 0 aliphatic carbocycles. The van der Waals surface area contributed by atoms with E-state index in [-0.39, 0.29) is 0 Å². The van der Waals surface area contributed by atoms with Crippen LogP contribution < -0.4 is 0 Å². The molecule has 0 heterocycles. The third-order valence-corrected chi connectivity index (χ3v) is 1.44. The van der Waals surface area contributed by atoms with E-state index in [1.54, 1.807) is 0 Å². The minimum Gasteiger partial charge on any atom is -0.309 e. The minimum atomic E-state index is 0.889. The number of nitrogens with zero attached hydrogens (tertiary/aromatic N) is 3. The van der Waals surface area contributed by atoms with Crippen LogP contribution in [0.2, 0.25) is 0 Å². The van der Waals surface area contributed by atoms with Gasteiger partial charge >= 0.3 is 0 Å². The van der Waals surface area contributed by atoms with Gasteiger partial charge in [-0.3, -0.25) is 0 Å². The third-order valence-electron chi connectivity index (χ3n) is 1.44. The molecule has 0 bridgehead atoms. The molecule has 0 spiro atoms. The predicted molar refractivity (Wildman–Crippen MR) is 72.3 cm³/mol. The van der Waals surface area contributed by atoms with Gasteiger partial charge in [0, 0.05) is 13.1 Å². The normalized spacial score (nSPS) is 9.47. The van der Waals surface area contributed by atoms with Crippen LogP contribution in [-0.4, -0.2) is 76.6 Å². The fourth-order valence-electron chi connectivity index (χ4n) is 0.400. The van der Waals surface area contributed by atoms with Crippen molar-refractivity contribution in [2.75, 3.05) is 61.9 Å². The van der Waals surface area contributed by atoms with Crippen molar-refractivity contribution in [3.63, 3.8) is 0 Å². The van der Waals surface area contributed by atoms with E-state index in [1.165, 1.54) is 0 Å². The summed E-state index contributed by atoms with van der Waals surface area (Å²) in [4.78, 5) is 6.38. The number of rotatable bonds is 4. The van der Waals surface area contributed by atoms with Crippen LogP contribution in [0, 0.1) is 6.92 Å². The zero-order chi connectivity index (χ0) is 12.9. The lowest BCUT2D eigenvalue weighted by Gasteiger charge is -2.13. The third kappa shape index (κ3) is 42.0. The second-order valence-electron chi connectivity index (χ2n) is 3.91. The molecule has 0 amide bonds. The fourth-order valence-corrected chi connectivity index (χ4v) is 0.400. The molecule has 1 radical (unpaired) electrons. The van der Waals surface area contributed by atoms with E-state index < -0.39 is 0 Å². The molecule has 0 aromatic carbocycles. The molecule has 0 fully saturated rings. The molecule has 0 aliphatic heterocycles. The van der Waals surface area contributed by atoms with Crippen molar-refractivity contribution in [3.05, 3.63) is 20.1 Å². The zero-order valence-corrected chi connectivity index (χ0v) is 11.6. The zero-order valence-electron chi connectivity index (χ0n) is 11.6. The van der Waals surface area contributed by atoms with E-state index >= 15 is 0 Å². The van der Waals surface area contributed by atoms with E-state index in [0.717, 1.165) is 19.6 Å². The van der Waals surface area contributed by atoms with Gasteiger partial charge in [0.1, 0.15) is 0 Å². The van der Waals surface area contributed by atoms with Crippen LogP contribution in [0.4, 0.5) is 0 Å². The SMILES string of the molecule is C=C.CN(C)CCN(C)C.[CH2]CN(C)C. The Kier molecular flexibility index (Phi) is 21.5. The maximum absolute atomic E-state index is 3.61. The van der Waals surface area contributed by atoms with Crippen molar-refractivity contribution < 1.29 is 0 Å². The molecule has 0 aromatic heterocycles. The van der Waals surface area contributed by atoms with Gasteiger partial charge in [-0.2, -0.15) is 0 Å². The number of likely N-dealkylation sites (N-methyl/N-ethyl adjacent to an activating group) is 2. The smallest absolute Gasteiger partial charge is 0.0103 e. The molecule has 0 saturated carbocycles. The summed E-state index contributed by atoms with van der Waals surface area (Å²) in [5, 5.41) is 0. The first kappa shape index (κ1) is 20.1. The molecule has 0 unspecified atom stereocenters. The Hall–Kier alpha value is -0.380. The Morgan fingerprint density at radius 3 is 0.933 bits per heavy atom. The summed E-state index contributed by atoms with van der Waals surface area (Å²) in [6, 6.07) is 0. The molecule has 0 N–H and O–H groups in total. The van der Waals surface area contributed by atoms with E-state index in [1.807, 2.05) is 19.0 Å². The topological polar surface area (TPSA) is 9.72 Å². The highest BCUT2D eigenvalue weighted by Crippen LogP contribution is 1.76. The summed E-state index contributed by atoms with van der Waals surface area (Å²) < 4.78 is 0. The lowest BCUT2D eigenvalue weighted by Crippen LogP contribution is -2.25. The van der Waals surface area contributed by atoms with Crippen LogP contribution >= 0.6 is 0 Å². The second kappa shape index (κ2) is 16.1. The van der Waals surface area contributed by atoms with Gasteiger partial charge in [-0.1, -0.05) is 0 Å². The molecular weight excluding hydrogens is 186 g/mol. The Morgan fingerprint density at radius 2 is 0.867 bits per heavy atom. The van der Waals surface area contributed by atoms with E-state index in [4.69, 9.17) is 0 Å². The second-order valence-corrected chi connectivity index (χ2v) is 3.91. The van der Waals surface area contributed by atoms with Crippen molar-refractivity contribution in [3.8, 4) is 0 Å². The van der Waals surface area contributed by atoms with E-state index in [2.05, 4.69) is 58.1 Å². The van der Waals surface area contributed by atoms with Gasteiger partial charge in [0.2, 0.25) is 0 Å². The van der Waals surface area contributed by atoms with Crippen molar-refractivity contribution in [2.24, 2.45) is 0 Å². The van der Waals surface area contributed by atoms with Gasteiger partial charge in [-0.15, -0.1) is 13.2 Å². The van der Waals surface area contributed by atoms with Crippen LogP contribution in [0.5, 0.6) is 0 Å². The lowest BCUT2D eigenvalue weighted by atomic mass is 10.5. The van der Waals surface area contributed by atoms with Crippen molar-refractivity contribution in [2.45, 2.75) is 0 Å². The molecule has 0 rings (SSSR count). The summed E-state index contributed by atoms with van der Waals surface area (Å²) in [6.45, 7) is 12.8. The first-order valence-corrected chi connectivity index (χ1v) is 5.13. The van der Waals surface area contributed by atoms with Crippen molar-refractivity contribution >= 4 is 0 Å². The first-order valence-electron chi connectivity index (χ1n) is 5.13. The molecule has 0 aromatic rings. The minimum absolute atomic E-state index is 0.889. The van der Waals surface area contributed by atoms with Crippen LogP contribution in [0.15, 0.2) is 13.2 Å². The maximum atomic E-state index is 3.61. The molecule has 0 saturated heterocycles. The summed E-state index contributed by atoms with van der Waals surface area (Å²) in [6.07, 6.45) is 0. The van der Waals surface area contributed by atoms with Gasteiger partial charge in [-0.25, -0.2) is 0 Å². The highest BCUT2D eigenvalue weighted by atomic mass is 15.1. The summed E-state index contributed by atoms with van der Waals surface area (Å²) in [5.41, 5.74) is 0. The van der Waals surface area contributed by atoms with E-state index in [0.29, 0.717) is 0 Å². The van der Waals surface area contributed by atoms with Crippen LogP contribution in [0.1, 0.15) is 0 Å². The predicted octanol–water partition coefficient (Wildman–Crippen LogP) is 1.29. The molecule has 0 aliphatic rings. The average molecular weight is 216 g/mol. The summed E-state index contributed by atoms with van der Waals surface area (Å²) in [7, 11) is 12.3. The van der Waals surface area contributed by atoms with Gasteiger partial charge in [0.15, 0.2) is 0 Å². The Balaban J connectivity index is -0.000000177. The fraction of sp³-hybridized carbons (Fsp3) is 0.750. The molecule has 3 nitrogen and oxygen atoms in total. The quantitative estimate of drug-likeness (QED) is 0.656. The summed E-state index contributed by atoms with van der Waals surface area (Å²) >= 11 is 0. The van der Waals surface area contributed by atoms with Crippen LogP contribution in [0.25, 0.3) is 0 Å². The van der Waals surface area contributed by atoms with Gasteiger partial charge in [0.25, 0.3) is 0 Å². The Morgan fingerprint density at radius 1 is 0.667 bits per heavy atom. The molecule has 93 valence electrons. The number of hydrogen-bond acceptors (Lipinski definition) is 3.